The van der Waals surface area contributed by atoms with Crippen LogP contribution in [0.1, 0.15) is 401 Å². The molecule has 0 aliphatic carbocycles. The Morgan fingerprint density at radius 1 is 0.221 bits per heavy atom. The van der Waals surface area contributed by atoms with Crippen molar-refractivity contribution >= 4 is 17.9 Å². The maximum Gasteiger partial charge on any atom is 0.308 e. The number of rotatable bonds is 44. The van der Waals surface area contributed by atoms with E-state index in [1.807, 2.05) is 166 Å². The van der Waals surface area contributed by atoms with Crippen molar-refractivity contribution in [2.24, 2.45) is 0 Å². The number of phenolic OH excluding ortho intramolecular Hbond substituents is 3. The highest BCUT2D eigenvalue weighted by Gasteiger charge is 2.15. The molecule has 0 radical (unpaired) electrons. The zero-order valence-corrected chi connectivity index (χ0v) is 95.5. The number of unbranched alkanes of at least 4 members (excludes halogenated alkanes) is 1. The van der Waals surface area contributed by atoms with Crippen LogP contribution in [-0.4, -0.2) is 71.9 Å². The molecule has 15 heteroatoms. The molecule has 810 valence electrons. The molecule has 3 N–H and O–H groups in total. The van der Waals surface area contributed by atoms with E-state index >= 15 is 0 Å². The molecule has 12 aromatic carbocycles. The first-order valence-electron chi connectivity index (χ1n) is 54.9. The smallest absolute Gasteiger partial charge is 0.308 e. The number of carbonyl (C=O) groups is 3. The van der Waals surface area contributed by atoms with Crippen molar-refractivity contribution in [1.82, 2.24) is 0 Å². The second kappa shape index (κ2) is 74.6. The fourth-order valence-corrected chi connectivity index (χ4v) is 15.1. The molecule has 0 saturated heterocycles. The number of esters is 3. The lowest BCUT2D eigenvalue weighted by molar-refractivity contribution is -0.132. The van der Waals surface area contributed by atoms with Gasteiger partial charge in [0.05, 0.1) is 19.8 Å². The summed E-state index contributed by atoms with van der Waals surface area (Å²) in [6, 6.07) is 98.7. The predicted octanol–water partition coefficient (Wildman–Crippen LogP) is 36.6. The van der Waals surface area contributed by atoms with E-state index < -0.39 is 0 Å². The number of aromatic hydroxyl groups is 3. The molecule has 0 aliphatic rings. The van der Waals surface area contributed by atoms with Crippen molar-refractivity contribution in [3.8, 4) is 51.7 Å². The number of aryl methyl sites for hydroxylation is 4. The molecule has 12 atom stereocenters. The standard InChI is InChI=1S/C24H34O2.2C22H30O2.3C12H16O2.3C10H14O/c1-6-19(4)23-13-15-24(16-14-23)26-20(5)25-17-7-8-21-9-11-22(12-10-21)18(2)3;1-5-18(3)21-12-14-22(15-13-21)24-19(4)23-16-6-7-20-10-8-17(2)9-11-20;1-4-18(2)21-13-15-22(16-14-21)24-19(3)23-17-9-8-12-20-10-6-5-7-11-20;3*1-4-9(2)11-5-7-12(8-6-11)14-10(3)13;3*1-3-8(2)9-4-6-10(11)7-5-9/h9-16,18-20H,6-8,17H2,1-5H3;8-15,18-19H,5-7,16H2,1-4H3;5-7,10-11,13-16,18-19H,4,8-9,12,17H2,1-3H3;3*5-9H,4H2,1-3H3;3*4-8,11H,3H2,1-2H3. The summed E-state index contributed by atoms with van der Waals surface area (Å²) >= 11 is 0. The van der Waals surface area contributed by atoms with Crippen LogP contribution in [0.2, 0.25) is 0 Å². The van der Waals surface area contributed by atoms with Gasteiger partial charge in [-0.05, 0) is 371 Å². The molecule has 12 unspecified atom stereocenters. The van der Waals surface area contributed by atoms with Gasteiger partial charge in [0.1, 0.15) is 51.7 Å². The minimum absolute atomic E-state index is 0.212. The molecule has 0 saturated carbocycles. The summed E-state index contributed by atoms with van der Waals surface area (Å²) in [5, 5.41) is 27.0. The summed E-state index contributed by atoms with van der Waals surface area (Å²) in [7, 11) is 0. The van der Waals surface area contributed by atoms with Crippen LogP contribution in [0, 0.1) is 6.92 Å². The molecule has 0 bridgehead atoms. The van der Waals surface area contributed by atoms with E-state index in [1.165, 1.54) is 98.7 Å². The first kappa shape index (κ1) is 129. The van der Waals surface area contributed by atoms with E-state index in [2.05, 4.69) is 261 Å². The second-order valence-corrected chi connectivity index (χ2v) is 39.5. The Bertz CT molecular complexity index is 5160. The van der Waals surface area contributed by atoms with Gasteiger partial charge >= 0.3 is 17.9 Å². The van der Waals surface area contributed by atoms with Crippen LogP contribution in [0.3, 0.4) is 0 Å². The average Bonchev–Trinajstić information content (AvgIpc) is 1.42. The highest BCUT2D eigenvalue weighted by molar-refractivity contribution is 5.70. The third-order valence-electron chi connectivity index (χ3n) is 27.0. The lowest BCUT2D eigenvalue weighted by Gasteiger charge is -2.16. The van der Waals surface area contributed by atoms with E-state index in [9.17, 15) is 14.4 Å². The quantitative estimate of drug-likeness (QED) is 0.0141. The van der Waals surface area contributed by atoms with Gasteiger partial charge in [0.15, 0.2) is 18.9 Å². The van der Waals surface area contributed by atoms with Crippen molar-refractivity contribution in [1.29, 1.82) is 0 Å². The van der Waals surface area contributed by atoms with Gasteiger partial charge in [-0.3, -0.25) is 14.4 Å². The monoisotopic (exact) mass is 2030 g/mol. The van der Waals surface area contributed by atoms with Crippen LogP contribution in [0.25, 0.3) is 0 Å². The fraction of sp³-hybridized carbons (Fsp3) is 0.440. The zero-order valence-electron chi connectivity index (χ0n) is 95.5. The highest BCUT2D eigenvalue weighted by Crippen LogP contribution is 2.31. The maximum atomic E-state index is 10.7. The number of carbonyl (C=O) groups excluding carboxylic acids is 3. The first-order chi connectivity index (χ1) is 71.4. The molecule has 0 aliphatic heterocycles. The van der Waals surface area contributed by atoms with Crippen molar-refractivity contribution in [2.75, 3.05) is 19.8 Å². The van der Waals surface area contributed by atoms with Gasteiger partial charge in [0.25, 0.3) is 0 Å². The number of benzene rings is 12. The van der Waals surface area contributed by atoms with Gasteiger partial charge in [-0.15, -0.1) is 0 Å². The Balaban J connectivity index is 0.000000356. The van der Waals surface area contributed by atoms with Crippen molar-refractivity contribution in [3.05, 3.63) is 375 Å². The maximum absolute atomic E-state index is 10.7. The SMILES string of the molecule is CCC(C)c1ccc(O)cc1.CCC(C)c1ccc(O)cc1.CCC(C)c1ccc(O)cc1.CCC(C)c1ccc(OC(C)=O)cc1.CCC(C)c1ccc(OC(C)=O)cc1.CCC(C)c1ccc(OC(C)=O)cc1.CCC(C)c1ccc(OC(C)OCCCCc2ccccc2)cc1.CCC(C)c1ccc(OC(C)OCCCc2ccc(C(C)C)cc2)cc1.CCC(C)c1ccc(OC(C)OCCCc2ccc(C)cc2)cc1. The summed E-state index contributed by atoms with van der Waals surface area (Å²) in [6.07, 6.45) is 17.0. The number of phenols is 3. The Labute approximate surface area is 899 Å². The fourth-order valence-electron chi connectivity index (χ4n) is 15.1. The van der Waals surface area contributed by atoms with Crippen molar-refractivity contribution < 1.29 is 72.3 Å². The molecule has 0 aromatic heterocycles. The normalized spacial score (nSPS) is 13.0. The lowest BCUT2D eigenvalue weighted by atomic mass is 9.99. The van der Waals surface area contributed by atoms with Crippen LogP contribution < -0.4 is 28.4 Å². The molecule has 0 spiro atoms. The number of ether oxygens (including phenoxy) is 9. The first-order valence-corrected chi connectivity index (χ1v) is 54.9. The van der Waals surface area contributed by atoms with Crippen LogP contribution >= 0.6 is 0 Å². The molecule has 0 heterocycles. The van der Waals surface area contributed by atoms with E-state index in [0.717, 1.165) is 127 Å². The summed E-state index contributed by atoms with van der Waals surface area (Å²) in [4.78, 5) is 32.0. The minimum atomic E-state index is -0.277. The van der Waals surface area contributed by atoms with Gasteiger partial charge < -0.3 is 58.0 Å². The van der Waals surface area contributed by atoms with E-state index in [1.54, 1.807) is 36.4 Å². The molecule has 12 aromatic rings. The summed E-state index contributed by atoms with van der Waals surface area (Å²) < 4.78 is 49.7. The van der Waals surface area contributed by atoms with Crippen LogP contribution in [0.15, 0.2) is 297 Å². The topological polar surface area (TPSA) is 195 Å². The molecular formula is C134H184O15. The molecule has 0 amide bonds. The minimum Gasteiger partial charge on any atom is -0.508 e. The Kier molecular flexibility index (Phi) is 64.6. The molecule has 15 nitrogen and oxygen atoms in total. The average molecular weight is 2030 g/mol. The molecule has 0 fully saturated rings. The van der Waals surface area contributed by atoms with Crippen molar-refractivity contribution in [3.63, 3.8) is 0 Å². The van der Waals surface area contributed by atoms with Gasteiger partial charge in [-0.2, -0.15) is 0 Å². The zero-order chi connectivity index (χ0) is 110. The number of hydrogen-bond donors (Lipinski definition) is 3. The van der Waals surface area contributed by atoms with Gasteiger partial charge in [0.2, 0.25) is 0 Å². The summed E-state index contributed by atoms with van der Waals surface area (Å²) in [5.74, 6) is 10.5. The van der Waals surface area contributed by atoms with Crippen LogP contribution in [0.4, 0.5) is 0 Å². The highest BCUT2D eigenvalue weighted by atomic mass is 16.7. The third-order valence-corrected chi connectivity index (χ3v) is 27.0. The summed E-state index contributed by atoms with van der Waals surface area (Å²) in [5.41, 5.74) is 18.6. The lowest BCUT2D eigenvalue weighted by Crippen LogP contribution is -2.17. The molecule has 149 heavy (non-hydrogen) atoms. The third kappa shape index (κ3) is 55.2. The summed E-state index contributed by atoms with van der Waals surface area (Å²) in [6.45, 7) is 58.2. The Hall–Kier alpha value is -12.3. The van der Waals surface area contributed by atoms with Gasteiger partial charge in [-0.1, -0.05) is 332 Å². The second-order valence-electron chi connectivity index (χ2n) is 39.5. The largest absolute Gasteiger partial charge is 0.508 e. The molecule has 12 rings (SSSR count). The van der Waals surface area contributed by atoms with Crippen molar-refractivity contribution in [2.45, 2.75) is 368 Å². The van der Waals surface area contributed by atoms with E-state index in [4.69, 9.17) is 58.0 Å². The van der Waals surface area contributed by atoms with Gasteiger partial charge in [0, 0.05) is 20.8 Å². The Morgan fingerprint density at radius 2 is 0.409 bits per heavy atom. The molecular weight excluding hydrogens is 1850 g/mol. The predicted molar refractivity (Wildman–Crippen MR) is 621 cm³/mol. The Morgan fingerprint density at radius 3 is 0.624 bits per heavy atom. The van der Waals surface area contributed by atoms with Crippen LogP contribution in [0.5, 0.6) is 51.7 Å². The van der Waals surface area contributed by atoms with E-state index in [-0.39, 0.29) is 36.8 Å². The number of hydrogen-bond acceptors (Lipinski definition) is 15. The van der Waals surface area contributed by atoms with Gasteiger partial charge in [-0.25, -0.2) is 0 Å². The van der Waals surface area contributed by atoms with Crippen LogP contribution in [-0.2, 0) is 47.9 Å². The van der Waals surface area contributed by atoms with E-state index in [0.29, 0.717) is 107 Å².